The third-order valence-corrected chi connectivity index (χ3v) is 6.36. The lowest BCUT2D eigenvalue weighted by Gasteiger charge is -2.22. The van der Waals surface area contributed by atoms with Gasteiger partial charge in [-0.2, -0.15) is 0 Å². The zero-order chi connectivity index (χ0) is 23.1. The Balaban J connectivity index is 1.70. The SMILES string of the molecule is Cc1noc(C)c1-c1cc(-c2cccc(C(N)=O)c2C)c2nc(NC3CCOCC3)[nH]c2c1. The second kappa shape index (κ2) is 8.37. The van der Waals surface area contributed by atoms with E-state index in [-0.39, 0.29) is 0 Å². The molecule has 1 fully saturated rings. The molecule has 8 heteroatoms. The number of hydrogen-bond donors (Lipinski definition) is 3. The number of imidazole rings is 1. The molecule has 4 N–H and O–H groups in total. The molecule has 0 atom stereocenters. The smallest absolute Gasteiger partial charge is 0.248 e. The van der Waals surface area contributed by atoms with E-state index in [0.29, 0.717) is 11.6 Å². The first-order valence-corrected chi connectivity index (χ1v) is 11.1. The van der Waals surface area contributed by atoms with Gasteiger partial charge in [-0.05, 0) is 68.5 Å². The zero-order valence-corrected chi connectivity index (χ0v) is 19.0. The van der Waals surface area contributed by atoms with Crippen molar-refractivity contribution < 1.29 is 14.1 Å². The number of nitrogens with one attached hydrogen (secondary N) is 2. The molecule has 0 aliphatic carbocycles. The summed E-state index contributed by atoms with van der Waals surface area (Å²) in [6.07, 6.45) is 1.88. The maximum Gasteiger partial charge on any atom is 0.248 e. The van der Waals surface area contributed by atoms with E-state index >= 15 is 0 Å². The van der Waals surface area contributed by atoms with Crippen LogP contribution >= 0.6 is 0 Å². The number of amides is 1. The highest BCUT2D eigenvalue weighted by Gasteiger charge is 2.21. The van der Waals surface area contributed by atoms with Crippen molar-refractivity contribution in [3.63, 3.8) is 0 Å². The molecule has 0 radical (unpaired) electrons. The highest BCUT2D eigenvalue weighted by atomic mass is 16.5. The molecule has 1 aliphatic rings. The van der Waals surface area contributed by atoms with E-state index in [1.165, 1.54) is 0 Å². The summed E-state index contributed by atoms with van der Waals surface area (Å²) in [4.78, 5) is 20.3. The van der Waals surface area contributed by atoms with Gasteiger partial charge >= 0.3 is 0 Å². The Hall–Kier alpha value is -3.65. The summed E-state index contributed by atoms with van der Waals surface area (Å²) in [5.41, 5.74) is 13.2. The van der Waals surface area contributed by atoms with Crippen LogP contribution in [0.15, 0.2) is 34.9 Å². The topological polar surface area (TPSA) is 119 Å². The zero-order valence-electron chi connectivity index (χ0n) is 19.0. The highest BCUT2D eigenvalue weighted by molar-refractivity contribution is 6.01. The van der Waals surface area contributed by atoms with Crippen LogP contribution in [0.1, 0.15) is 40.2 Å². The molecule has 0 unspecified atom stereocenters. The lowest BCUT2D eigenvalue weighted by molar-refractivity contribution is 0.0903. The van der Waals surface area contributed by atoms with Gasteiger partial charge in [0.15, 0.2) is 0 Å². The molecule has 2 aromatic carbocycles. The summed E-state index contributed by atoms with van der Waals surface area (Å²) in [6.45, 7) is 7.25. The quantitative estimate of drug-likeness (QED) is 0.416. The molecule has 4 aromatic rings. The normalized spacial score (nSPS) is 14.6. The van der Waals surface area contributed by atoms with Gasteiger partial charge < -0.3 is 25.3 Å². The fourth-order valence-electron chi connectivity index (χ4n) is 4.66. The van der Waals surface area contributed by atoms with E-state index in [1.807, 2.05) is 32.9 Å². The molecule has 3 heterocycles. The summed E-state index contributed by atoms with van der Waals surface area (Å²) in [6, 6.07) is 10.1. The van der Waals surface area contributed by atoms with E-state index in [0.717, 1.165) is 82.3 Å². The standard InChI is InChI=1S/C25H27N5O3/c1-13-18(5-4-6-19(13)24(26)31)20-11-16(22-14(2)30-33-15(22)3)12-21-23(20)29-25(28-21)27-17-7-9-32-10-8-17/h4-6,11-12,17H,7-10H2,1-3H3,(H2,26,31)(H2,27,28,29). The molecule has 5 rings (SSSR count). The summed E-state index contributed by atoms with van der Waals surface area (Å²) in [5.74, 6) is 1.02. The summed E-state index contributed by atoms with van der Waals surface area (Å²) in [7, 11) is 0. The molecular weight excluding hydrogens is 418 g/mol. The summed E-state index contributed by atoms with van der Waals surface area (Å²) >= 11 is 0. The van der Waals surface area contributed by atoms with E-state index in [1.54, 1.807) is 6.07 Å². The number of aryl methyl sites for hydroxylation is 2. The van der Waals surface area contributed by atoms with Crippen molar-refractivity contribution in [1.82, 2.24) is 15.1 Å². The van der Waals surface area contributed by atoms with Crippen molar-refractivity contribution in [2.45, 2.75) is 39.7 Å². The number of benzene rings is 2. The molecule has 0 bridgehead atoms. The molecule has 0 spiro atoms. The summed E-state index contributed by atoms with van der Waals surface area (Å²) in [5, 5.41) is 7.64. The molecule has 2 aromatic heterocycles. The number of carbonyl (C=O) groups excluding carboxylic acids is 1. The fraction of sp³-hybridized carbons (Fsp3) is 0.320. The van der Waals surface area contributed by atoms with Crippen LogP contribution in [-0.4, -0.2) is 40.3 Å². The molecular formula is C25H27N5O3. The Morgan fingerprint density at radius 1 is 1.15 bits per heavy atom. The predicted octanol–water partition coefficient (Wildman–Crippen LogP) is 4.50. The van der Waals surface area contributed by atoms with Gasteiger partial charge in [0, 0.05) is 35.9 Å². The molecule has 1 amide bonds. The van der Waals surface area contributed by atoms with Crippen molar-refractivity contribution in [3.8, 4) is 22.3 Å². The van der Waals surface area contributed by atoms with Crippen molar-refractivity contribution >= 4 is 22.9 Å². The second-order valence-electron chi connectivity index (χ2n) is 8.58. The van der Waals surface area contributed by atoms with Gasteiger partial charge in [0.1, 0.15) is 5.76 Å². The van der Waals surface area contributed by atoms with E-state index in [2.05, 4.69) is 27.6 Å². The maximum atomic E-state index is 12.0. The number of aromatic nitrogens is 3. The van der Waals surface area contributed by atoms with Crippen LogP contribution in [0.25, 0.3) is 33.3 Å². The Morgan fingerprint density at radius 3 is 2.64 bits per heavy atom. The predicted molar refractivity (Wildman–Crippen MR) is 127 cm³/mol. The van der Waals surface area contributed by atoms with Crippen LogP contribution in [-0.2, 0) is 4.74 Å². The lowest BCUT2D eigenvalue weighted by Crippen LogP contribution is -2.28. The molecule has 0 saturated carbocycles. The van der Waals surface area contributed by atoms with Crippen molar-refractivity contribution in [2.24, 2.45) is 5.73 Å². The van der Waals surface area contributed by atoms with Gasteiger partial charge in [0.05, 0.1) is 16.7 Å². The number of fused-ring (bicyclic) bond motifs is 1. The van der Waals surface area contributed by atoms with Crippen LogP contribution in [0.2, 0.25) is 0 Å². The number of rotatable bonds is 5. The number of hydrogen-bond acceptors (Lipinski definition) is 6. The first-order valence-electron chi connectivity index (χ1n) is 11.1. The fourth-order valence-corrected chi connectivity index (χ4v) is 4.66. The van der Waals surface area contributed by atoms with Gasteiger partial charge in [0.2, 0.25) is 11.9 Å². The number of nitrogens with zero attached hydrogens (tertiary/aromatic N) is 2. The monoisotopic (exact) mass is 445 g/mol. The van der Waals surface area contributed by atoms with Gasteiger partial charge in [-0.15, -0.1) is 0 Å². The number of ether oxygens (including phenoxy) is 1. The van der Waals surface area contributed by atoms with Gasteiger partial charge in [-0.1, -0.05) is 17.3 Å². The summed E-state index contributed by atoms with van der Waals surface area (Å²) < 4.78 is 10.9. The number of carbonyl (C=O) groups is 1. The number of H-pyrrole nitrogens is 1. The number of anilines is 1. The van der Waals surface area contributed by atoms with E-state index in [9.17, 15) is 4.79 Å². The molecule has 1 aliphatic heterocycles. The third-order valence-electron chi connectivity index (χ3n) is 6.36. The highest BCUT2D eigenvalue weighted by Crippen LogP contribution is 2.38. The minimum absolute atomic E-state index is 0.310. The van der Waals surface area contributed by atoms with Gasteiger partial charge in [0.25, 0.3) is 0 Å². The van der Waals surface area contributed by atoms with E-state index < -0.39 is 5.91 Å². The minimum Gasteiger partial charge on any atom is -0.381 e. The first kappa shape index (κ1) is 21.2. The average molecular weight is 446 g/mol. The van der Waals surface area contributed by atoms with Crippen molar-refractivity contribution in [1.29, 1.82) is 0 Å². The Morgan fingerprint density at radius 2 is 1.94 bits per heavy atom. The average Bonchev–Trinajstić information content (AvgIpc) is 3.35. The van der Waals surface area contributed by atoms with Crippen LogP contribution in [0.5, 0.6) is 0 Å². The van der Waals surface area contributed by atoms with Gasteiger partial charge in [-0.3, -0.25) is 4.79 Å². The number of primary amides is 1. The second-order valence-corrected chi connectivity index (χ2v) is 8.58. The molecule has 170 valence electrons. The van der Waals surface area contributed by atoms with Crippen LogP contribution in [0.4, 0.5) is 5.95 Å². The van der Waals surface area contributed by atoms with Gasteiger partial charge in [-0.25, -0.2) is 4.98 Å². The molecule has 33 heavy (non-hydrogen) atoms. The number of aromatic amines is 1. The van der Waals surface area contributed by atoms with Crippen molar-refractivity contribution in [3.05, 3.63) is 52.9 Å². The Kier molecular flexibility index (Phi) is 5.38. The van der Waals surface area contributed by atoms with Crippen LogP contribution in [0, 0.1) is 20.8 Å². The number of nitrogens with two attached hydrogens (primary N) is 1. The third kappa shape index (κ3) is 3.87. The molecule has 1 saturated heterocycles. The Labute approximate surface area is 191 Å². The van der Waals surface area contributed by atoms with E-state index in [4.69, 9.17) is 20.0 Å². The van der Waals surface area contributed by atoms with Crippen LogP contribution < -0.4 is 11.1 Å². The Bertz CT molecular complexity index is 1330. The molecule has 8 nitrogen and oxygen atoms in total. The maximum absolute atomic E-state index is 12.0. The van der Waals surface area contributed by atoms with Crippen LogP contribution in [0.3, 0.4) is 0 Å². The first-order chi connectivity index (χ1) is 15.9. The minimum atomic E-state index is -0.448. The lowest BCUT2D eigenvalue weighted by atomic mass is 9.92. The largest absolute Gasteiger partial charge is 0.381 e. The van der Waals surface area contributed by atoms with Crippen molar-refractivity contribution in [2.75, 3.05) is 18.5 Å².